The topological polar surface area (TPSA) is 69.5 Å². The van der Waals surface area contributed by atoms with Crippen LogP contribution < -0.4 is 0 Å². The zero-order valence-corrected chi connectivity index (χ0v) is 19.6. The minimum atomic E-state index is 0.118. The minimum absolute atomic E-state index is 0.118. The smallest absolute Gasteiger partial charge is 0.255 e. The van der Waals surface area contributed by atoms with Crippen molar-refractivity contribution in [1.82, 2.24) is 19.4 Å². The Morgan fingerprint density at radius 2 is 2.10 bits per heavy atom. The lowest BCUT2D eigenvalue weighted by atomic mass is 9.91. The molecule has 1 unspecified atom stereocenters. The number of piperidine rings is 1. The largest absolute Gasteiger partial charge is 0.385 e. The van der Waals surface area contributed by atoms with Crippen LogP contribution in [-0.4, -0.2) is 58.8 Å². The molecule has 1 saturated heterocycles. The molecule has 7 nitrogen and oxygen atoms in total. The van der Waals surface area contributed by atoms with Crippen molar-refractivity contribution in [3.05, 3.63) is 46.3 Å². The number of methoxy groups -OCH3 is 1. The van der Waals surface area contributed by atoms with Gasteiger partial charge in [-0.25, -0.2) is 9.97 Å². The Morgan fingerprint density at radius 3 is 2.84 bits per heavy atom. The van der Waals surface area contributed by atoms with Gasteiger partial charge in [0.15, 0.2) is 0 Å². The number of aryl methyl sites for hydroxylation is 2. The first-order valence-corrected chi connectivity index (χ1v) is 11.3. The van der Waals surface area contributed by atoms with Crippen molar-refractivity contribution in [3.8, 4) is 0 Å². The Morgan fingerprint density at radius 1 is 1.29 bits per heavy atom. The number of hydrogen-bond donors (Lipinski definition) is 0. The molecule has 170 valence electrons. The van der Waals surface area contributed by atoms with Gasteiger partial charge in [-0.3, -0.25) is 4.79 Å². The summed E-state index contributed by atoms with van der Waals surface area (Å²) in [7, 11) is 1.72. The summed E-state index contributed by atoms with van der Waals surface area (Å²) in [5.41, 5.74) is 5.03. The first-order valence-electron chi connectivity index (χ1n) is 11.3. The molecule has 0 radical (unpaired) electrons. The van der Waals surface area contributed by atoms with Gasteiger partial charge in [0.25, 0.3) is 5.91 Å². The normalized spacial score (nSPS) is 16.7. The molecule has 1 aliphatic rings. The molecule has 3 heterocycles. The first kappa shape index (κ1) is 23.4. The Kier molecular flexibility index (Phi) is 8.21. The maximum Gasteiger partial charge on any atom is 0.255 e. The average Bonchev–Trinajstić information content (AvgIpc) is 3.06. The van der Waals surface area contributed by atoms with Crippen LogP contribution in [0.2, 0.25) is 0 Å². The van der Waals surface area contributed by atoms with Gasteiger partial charge in [-0.05, 0) is 53.0 Å². The summed E-state index contributed by atoms with van der Waals surface area (Å²) in [5, 5.41) is 0. The highest BCUT2D eigenvalue weighted by molar-refractivity contribution is 5.95. The number of carbonyl (C=O) groups is 1. The summed E-state index contributed by atoms with van der Waals surface area (Å²) in [5.74, 6) is 1.09. The van der Waals surface area contributed by atoms with Crippen LogP contribution in [0.4, 0.5) is 0 Å². The molecule has 7 heteroatoms. The van der Waals surface area contributed by atoms with E-state index in [0.717, 1.165) is 73.0 Å². The van der Waals surface area contributed by atoms with Gasteiger partial charge in [0.2, 0.25) is 0 Å². The number of carbonyl (C=O) groups excluding carboxylic acids is 1. The first-order chi connectivity index (χ1) is 15.0. The predicted octanol–water partition coefficient (Wildman–Crippen LogP) is 3.80. The zero-order valence-electron chi connectivity index (χ0n) is 19.6. The van der Waals surface area contributed by atoms with E-state index in [9.17, 15) is 4.79 Å². The summed E-state index contributed by atoms with van der Waals surface area (Å²) < 4.78 is 13.0. The van der Waals surface area contributed by atoms with E-state index in [-0.39, 0.29) is 11.8 Å². The van der Waals surface area contributed by atoms with E-state index in [1.165, 1.54) is 0 Å². The van der Waals surface area contributed by atoms with E-state index in [0.29, 0.717) is 19.8 Å². The highest BCUT2D eigenvalue weighted by Gasteiger charge is 2.29. The highest BCUT2D eigenvalue weighted by atomic mass is 16.5. The second kappa shape index (κ2) is 10.9. The van der Waals surface area contributed by atoms with Gasteiger partial charge >= 0.3 is 0 Å². The maximum atomic E-state index is 13.4. The molecule has 1 fully saturated rings. The zero-order chi connectivity index (χ0) is 22.4. The van der Waals surface area contributed by atoms with Crippen molar-refractivity contribution in [3.63, 3.8) is 0 Å². The third kappa shape index (κ3) is 5.52. The lowest BCUT2D eigenvalue weighted by Gasteiger charge is -2.33. The number of likely N-dealkylation sites (tertiary alicyclic amines) is 1. The Bertz CT molecular complexity index is 893. The van der Waals surface area contributed by atoms with Gasteiger partial charge < -0.3 is 18.9 Å². The molecule has 2 aromatic rings. The standard InChI is InChI=1S/C24H36N4O3/c1-6-31-16-21-14-25-19(4)26-23(21)20-9-7-10-27(15-20)24(29)22-13-17(2)28(18(22)3)11-8-12-30-5/h13-14,20H,6-12,15-16H2,1-5H3. The Labute approximate surface area is 185 Å². The van der Waals surface area contributed by atoms with Gasteiger partial charge in [0.1, 0.15) is 5.82 Å². The Hall–Kier alpha value is -2.25. The molecule has 2 aromatic heterocycles. The van der Waals surface area contributed by atoms with E-state index in [1.807, 2.05) is 37.9 Å². The predicted molar refractivity (Wildman–Crippen MR) is 120 cm³/mol. The van der Waals surface area contributed by atoms with Gasteiger partial charge in [-0.15, -0.1) is 0 Å². The summed E-state index contributed by atoms with van der Waals surface area (Å²) in [6.45, 7) is 12.2. The molecule has 1 aliphatic heterocycles. The quantitative estimate of drug-likeness (QED) is 0.568. The summed E-state index contributed by atoms with van der Waals surface area (Å²) in [4.78, 5) is 24.6. The van der Waals surface area contributed by atoms with Crippen LogP contribution in [0.3, 0.4) is 0 Å². The highest BCUT2D eigenvalue weighted by Crippen LogP contribution is 2.30. The number of rotatable bonds is 9. The SMILES string of the molecule is CCOCc1cnc(C)nc1C1CCCN(C(=O)c2cc(C)n(CCCOC)c2C)C1. The third-order valence-corrected chi connectivity index (χ3v) is 6.11. The molecular formula is C24H36N4O3. The van der Waals surface area contributed by atoms with Crippen molar-refractivity contribution in [1.29, 1.82) is 0 Å². The van der Waals surface area contributed by atoms with Crippen LogP contribution in [0, 0.1) is 20.8 Å². The van der Waals surface area contributed by atoms with Crippen LogP contribution in [0.15, 0.2) is 12.3 Å². The fraction of sp³-hybridized carbons (Fsp3) is 0.625. The van der Waals surface area contributed by atoms with Crippen molar-refractivity contribution in [2.24, 2.45) is 0 Å². The van der Waals surface area contributed by atoms with Crippen LogP contribution in [0.1, 0.15) is 70.9 Å². The van der Waals surface area contributed by atoms with Crippen molar-refractivity contribution in [2.45, 2.75) is 66.0 Å². The summed E-state index contributed by atoms with van der Waals surface area (Å²) in [6, 6.07) is 2.03. The summed E-state index contributed by atoms with van der Waals surface area (Å²) in [6.07, 6.45) is 4.80. The summed E-state index contributed by atoms with van der Waals surface area (Å²) >= 11 is 0. The Balaban J connectivity index is 1.78. The number of hydrogen-bond acceptors (Lipinski definition) is 5. The van der Waals surface area contributed by atoms with Gasteiger partial charge in [-0.2, -0.15) is 0 Å². The van der Waals surface area contributed by atoms with Crippen LogP contribution in [-0.2, 0) is 22.6 Å². The number of amides is 1. The monoisotopic (exact) mass is 428 g/mol. The van der Waals surface area contributed by atoms with Crippen molar-refractivity contribution in [2.75, 3.05) is 33.4 Å². The van der Waals surface area contributed by atoms with Crippen LogP contribution >= 0.6 is 0 Å². The number of ether oxygens (including phenoxy) is 2. The number of aromatic nitrogens is 3. The van der Waals surface area contributed by atoms with Gasteiger partial charge in [0, 0.05) is 69.0 Å². The molecule has 1 amide bonds. The van der Waals surface area contributed by atoms with Crippen LogP contribution in [0.5, 0.6) is 0 Å². The van der Waals surface area contributed by atoms with E-state index in [4.69, 9.17) is 14.5 Å². The molecule has 31 heavy (non-hydrogen) atoms. The second-order valence-electron chi connectivity index (χ2n) is 8.34. The fourth-order valence-electron chi connectivity index (χ4n) is 4.47. The second-order valence-corrected chi connectivity index (χ2v) is 8.34. The van der Waals surface area contributed by atoms with Gasteiger partial charge in [-0.1, -0.05) is 0 Å². The van der Waals surface area contributed by atoms with Crippen molar-refractivity contribution >= 4 is 5.91 Å². The van der Waals surface area contributed by atoms with E-state index in [2.05, 4.69) is 16.5 Å². The van der Waals surface area contributed by atoms with Crippen molar-refractivity contribution < 1.29 is 14.3 Å². The van der Waals surface area contributed by atoms with E-state index in [1.54, 1.807) is 7.11 Å². The third-order valence-electron chi connectivity index (χ3n) is 6.11. The average molecular weight is 429 g/mol. The fourth-order valence-corrected chi connectivity index (χ4v) is 4.47. The molecule has 0 bridgehead atoms. The molecule has 3 rings (SSSR count). The number of nitrogens with zero attached hydrogens (tertiary/aromatic N) is 4. The molecule has 1 atom stereocenters. The maximum absolute atomic E-state index is 13.4. The lowest BCUT2D eigenvalue weighted by molar-refractivity contribution is 0.0703. The minimum Gasteiger partial charge on any atom is -0.385 e. The van der Waals surface area contributed by atoms with E-state index < -0.39 is 0 Å². The lowest BCUT2D eigenvalue weighted by Crippen LogP contribution is -2.39. The molecule has 0 spiro atoms. The molecule has 0 saturated carbocycles. The molecule has 0 aromatic carbocycles. The van der Waals surface area contributed by atoms with E-state index >= 15 is 0 Å². The van der Waals surface area contributed by atoms with Gasteiger partial charge in [0.05, 0.1) is 17.9 Å². The molecule has 0 aliphatic carbocycles. The molecule has 0 N–H and O–H groups in total. The van der Waals surface area contributed by atoms with Crippen LogP contribution in [0.25, 0.3) is 0 Å². The molecular weight excluding hydrogens is 392 g/mol.